The molecule has 1 aliphatic rings. The van der Waals surface area contributed by atoms with Crippen molar-refractivity contribution in [1.82, 2.24) is 0 Å². The number of carbonyl (C=O) groups is 2. The molecule has 0 radical (unpaired) electrons. The number of ketones is 1. The maximum Gasteiger partial charge on any atom is 0.416 e. The Kier molecular flexibility index (Phi) is 6.20. The van der Waals surface area contributed by atoms with Gasteiger partial charge in [0.25, 0.3) is 0 Å². The topological polar surface area (TPSA) is 43.4 Å². The number of alkyl halides is 3. The van der Waals surface area contributed by atoms with Gasteiger partial charge in [-0.25, -0.2) is 4.79 Å². The summed E-state index contributed by atoms with van der Waals surface area (Å²) in [6.45, 7) is 2.05. The van der Waals surface area contributed by atoms with Crippen molar-refractivity contribution in [2.75, 3.05) is 6.61 Å². The van der Waals surface area contributed by atoms with E-state index in [1.165, 1.54) is 17.4 Å². The largest absolute Gasteiger partial charge is 0.462 e. The first kappa shape index (κ1) is 22.3. The first-order valence-electron chi connectivity index (χ1n) is 10.4. The molecule has 0 N–H and O–H groups in total. The summed E-state index contributed by atoms with van der Waals surface area (Å²) < 4.78 is 44.5. The van der Waals surface area contributed by atoms with Crippen LogP contribution in [0.4, 0.5) is 13.2 Å². The third-order valence-electron chi connectivity index (χ3n) is 5.64. The number of hydrogen-bond donors (Lipinski definition) is 0. The Labute approximate surface area is 187 Å². The Hall–Kier alpha value is -2.93. The molecule has 32 heavy (non-hydrogen) atoms. The maximum atomic E-state index is 13.2. The molecule has 0 saturated heterocycles. The summed E-state index contributed by atoms with van der Waals surface area (Å²) in [6.07, 6.45) is -2.69. The van der Waals surface area contributed by atoms with Gasteiger partial charge in [0.2, 0.25) is 0 Å². The average Bonchev–Trinajstić information content (AvgIpc) is 3.24. The molecule has 0 spiro atoms. The van der Waals surface area contributed by atoms with E-state index in [1.54, 1.807) is 37.3 Å². The lowest BCUT2D eigenvalue weighted by Gasteiger charge is -2.25. The zero-order valence-corrected chi connectivity index (χ0v) is 18.2. The van der Waals surface area contributed by atoms with Crippen LogP contribution in [0.3, 0.4) is 0 Å². The number of thiophene rings is 1. The van der Waals surface area contributed by atoms with Gasteiger partial charge < -0.3 is 4.74 Å². The monoisotopic (exact) mass is 458 g/mol. The van der Waals surface area contributed by atoms with Crippen LogP contribution in [-0.2, 0) is 23.8 Å². The number of hydrogen-bond acceptors (Lipinski definition) is 4. The fourth-order valence-corrected chi connectivity index (χ4v) is 5.11. The van der Waals surface area contributed by atoms with E-state index in [-0.39, 0.29) is 17.7 Å². The molecule has 0 bridgehead atoms. The van der Waals surface area contributed by atoms with Gasteiger partial charge in [0.05, 0.1) is 12.2 Å². The third kappa shape index (κ3) is 4.48. The highest BCUT2D eigenvalue weighted by Crippen LogP contribution is 2.37. The third-order valence-corrected chi connectivity index (χ3v) is 6.73. The van der Waals surface area contributed by atoms with Gasteiger partial charge in [-0.3, -0.25) is 4.79 Å². The van der Waals surface area contributed by atoms with E-state index < -0.39 is 11.7 Å². The molecular formula is C25H21F3O3S. The molecule has 2 aromatic carbocycles. The van der Waals surface area contributed by atoms with Crippen molar-refractivity contribution in [2.24, 2.45) is 5.92 Å². The first-order chi connectivity index (χ1) is 15.3. The molecule has 1 heterocycles. The molecular weight excluding hydrogens is 437 g/mol. The van der Waals surface area contributed by atoms with E-state index in [0.717, 1.165) is 22.6 Å². The number of benzene rings is 2. The van der Waals surface area contributed by atoms with Gasteiger partial charge in [-0.05, 0) is 67.1 Å². The molecule has 0 amide bonds. The number of esters is 1. The highest BCUT2D eigenvalue weighted by atomic mass is 32.1. The number of fused-ring (bicyclic) bond motifs is 1. The van der Waals surface area contributed by atoms with E-state index in [4.69, 9.17) is 4.74 Å². The molecule has 1 unspecified atom stereocenters. The van der Waals surface area contributed by atoms with E-state index in [2.05, 4.69) is 0 Å². The Morgan fingerprint density at radius 2 is 1.84 bits per heavy atom. The number of ether oxygens (including phenoxy) is 1. The van der Waals surface area contributed by atoms with E-state index in [1.807, 2.05) is 6.07 Å². The normalized spacial score (nSPS) is 16.0. The van der Waals surface area contributed by atoms with Crippen molar-refractivity contribution in [3.8, 4) is 11.1 Å². The summed E-state index contributed by atoms with van der Waals surface area (Å²) in [4.78, 5) is 26.5. The van der Waals surface area contributed by atoms with Crippen LogP contribution in [0, 0.1) is 5.92 Å². The van der Waals surface area contributed by atoms with Crippen LogP contribution in [0.15, 0.2) is 54.6 Å². The molecule has 1 atom stereocenters. The molecule has 3 aromatic rings. The Morgan fingerprint density at radius 1 is 1.09 bits per heavy atom. The highest BCUT2D eigenvalue weighted by Gasteiger charge is 2.32. The van der Waals surface area contributed by atoms with Gasteiger partial charge in [-0.1, -0.05) is 30.3 Å². The molecule has 0 fully saturated rings. The Balaban J connectivity index is 1.58. The Bertz CT molecular complexity index is 1160. The molecule has 3 nitrogen and oxygen atoms in total. The second-order valence-corrected chi connectivity index (χ2v) is 8.87. The fourth-order valence-electron chi connectivity index (χ4n) is 4.13. The molecule has 7 heteroatoms. The van der Waals surface area contributed by atoms with Crippen LogP contribution in [0.5, 0.6) is 0 Å². The quantitative estimate of drug-likeness (QED) is 0.405. The van der Waals surface area contributed by atoms with Crippen molar-refractivity contribution >= 4 is 23.1 Å². The van der Waals surface area contributed by atoms with E-state index >= 15 is 0 Å². The number of halogens is 3. The van der Waals surface area contributed by atoms with Gasteiger partial charge in [0.15, 0.2) is 5.78 Å². The van der Waals surface area contributed by atoms with Crippen LogP contribution in [-0.4, -0.2) is 18.4 Å². The van der Waals surface area contributed by atoms with Crippen LogP contribution >= 0.6 is 11.3 Å². The Morgan fingerprint density at radius 3 is 2.59 bits per heavy atom. The summed E-state index contributed by atoms with van der Waals surface area (Å²) in [5.74, 6) is -0.603. The van der Waals surface area contributed by atoms with Gasteiger partial charge >= 0.3 is 12.1 Å². The van der Waals surface area contributed by atoms with E-state index in [9.17, 15) is 22.8 Å². The minimum atomic E-state index is -4.42. The van der Waals surface area contributed by atoms with Crippen molar-refractivity contribution in [1.29, 1.82) is 0 Å². The second kappa shape index (κ2) is 8.90. The molecule has 0 aliphatic heterocycles. The lowest BCUT2D eigenvalue weighted by atomic mass is 9.78. The summed E-state index contributed by atoms with van der Waals surface area (Å²) in [5, 5.41) is 0. The van der Waals surface area contributed by atoms with E-state index in [0.29, 0.717) is 47.4 Å². The molecule has 166 valence electrons. The van der Waals surface area contributed by atoms with Crippen molar-refractivity contribution in [3.05, 3.63) is 81.0 Å². The maximum absolute atomic E-state index is 13.2. The first-order valence-corrected chi connectivity index (χ1v) is 11.2. The van der Waals surface area contributed by atoms with Crippen LogP contribution in [0.25, 0.3) is 11.1 Å². The lowest BCUT2D eigenvalue weighted by Crippen LogP contribution is -2.24. The molecule has 0 saturated carbocycles. The smallest absolute Gasteiger partial charge is 0.416 e. The zero-order chi connectivity index (χ0) is 22.9. The van der Waals surface area contributed by atoms with Crippen molar-refractivity contribution < 1.29 is 27.5 Å². The summed E-state index contributed by atoms with van der Waals surface area (Å²) in [5.41, 5.74) is 1.79. The minimum Gasteiger partial charge on any atom is -0.462 e. The van der Waals surface area contributed by atoms with Gasteiger partial charge in [-0.15, -0.1) is 11.3 Å². The predicted octanol–water partition coefficient (Wildman–Crippen LogP) is 6.60. The lowest BCUT2D eigenvalue weighted by molar-refractivity contribution is -0.137. The summed E-state index contributed by atoms with van der Waals surface area (Å²) >= 11 is 1.33. The molecule has 1 aromatic heterocycles. The van der Waals surface area contributed by atoms with Gasteiger partial charge in [-0.2, -0.15) is 13.2 Å². The minimum absolute atomic E-state index is 0.00818. The predicted molar refractivity (Wildman–Crippen MR) is 117 cm³/mol. The van der Waals surface area contributed by atoms with Crippen LogP contribution in [0.1, 0.15) is 49.4 Å². The number of Topliss-reactive ketones (excluding diaryl/α,β-unsaturated/α-hetero) is 1. The number of rotatable bonds is 5. The SMILES string of the molecule is CCOC(=O)c1ccc(CC2CCc3c(cccc3-c3cccc(C(F)(F)F)c3)C2=O)s1. The fraction of sp³-hybridized carbons (Fsp3) is 0.280. The molecule has 1 aliphatic carbocycles. The van der Waals surface area contributed by atoms with Crippen molar-refractivity contribution in [2.45, 2.75) is 32.4 Å². The molecule has 4 rings (SSSR count). The van der Waals surface area contributed by atoms with Gasteiger partial charge in [0, 0.05) is 16.4 Å². The zero-order valence-electron chi connectivity index (χ0n) is 17.4. The summed E-state index contributed by atoms with van der Waals surface area (Å²) in [6, 6.07) is 14.0. The van der Waals surface area contributed by atoms with Crippen LogP contribution in [0.2, 0.25) is 0 Å². The average molecular weight is 459 g/mol. The number of carbonyl (C=O) groups excluding carboxylic acids is 2. The van der Waals surface area contributed by atoms with Crippen LogP contribution < -0.4 is 0 Å². The summed E-state index contributed by atoms with van der Waals surface area (Å²) in [7, 11) is 0. The standard InChI is InChI=1S/C25H21F3O3S/c1-2-31-24(30)22-12-10-18(32-22)14-16-9-11-20-19(7-4-8-21(20)23(16)29)15-5-3-6-17(13-15)25(26,27)28/h3-8,10,12-13,16H,2,9,11,14H2,1H3. The van der Waals surface area contributed by atoms with Crippen molar-refractivity contribution in [3.63, 3.8) is 0 Å². The highest BCUT2D eigenvalue weighted by molar-refractivity contribution is 7.13. The van der Waals surface area contributed by atoms with Gasteiger partial charge in [0.1, 0.15) is 4.88 Å². The second-order valence-electron chi connectivity index (χ2n) is 7.70.